The Kier molecular flexibility index (Phi) is 5.58. The van der Waals surface area contributed by atoms with Gasteiger partial charge in [0.05, 0.1) is 12.7 Å². The molecule has 4 rings (SSSR count). The van der Waals surface area contributed by atoms with Crippen LogP contribution in [0.25, 0.3) is 5.82 Å². The van der Waals surface area contributed by atoms with Crippen LogP contribution in [0, 0.1) is 0 Å². The molecule has 30 heavy (non-hydrogen) atoms. The minimum Gasteiger partial charge on any atom is -0.496 e. The number of nitrogens with one attached hydrogen (secondary N) is 1. The van der Waals surface area contributed by atoms with Crippen LogP contribution < -0.4 is 14.8 Å². The van der Waals surface area contributed by atoms with Gasteiger partial charge in [0.2, 0.25) is 5.88 Å². The van der Waals surface area contributed by atoms with E-state index in [1.165, 1.54) is 7.11 Å². The smallest absolute Gasteiger partial charge is 0.259 e. The lowest BCUT2D eigenvalue weighted by Gasteiger charge is -2.10. The molecule has 0 fully saturated rings. The molecule has 9 heteroatoms. The Hall–Kier alpha value is -3.91. The minimum absolute atomic E-state index is 0.330. The van der Waals surface area contributed by atoms with Crippen molar-refractivity contribution in [3.8, 4) is 23.2 Å². The number of amides is 1. The minimum atomic E-state index is -0.330. The predicted molar refractivity (Wildman–Crippen MR) is 112 cm³/mol. The van der Waals surface area contributed by atoms with E-state index < -0.39 is 0 Å². The maximum atomic E-state index is 12.5. The summed E-state index contributed by atoms with van der Waals surface area (Å²) >= 11 is 5.99. The van der Waals surface area contributed by atoms with E-state index in [9.17, 15) is 4.79 Å². The van der Waals surface area contributed by atoms with Crippen molar-refractivity contribution in [3.63, 3.8) is 0 Å². The third-order valence-electron chi connectivity index (χ3n) is 4.11. The molecule has 0 bridgehead atoms. The molecule has 2 aromatic heterocycles. The first-order valence-corrected chi connectivity index (χ1v) is 9.27. The normalized spacial score (nSPS) is 10.5. The summed E-state index contributed by atoms with van der Waals surface area (Å²) < 4.78 is 12.5. The van der Waals surface area contributed by atoms with Crippen LogP contribution in [-0.4, -0.2) is 33.0 Å². The third kappa shape index (κ3) is 4.39. The molecule has 0 saturated carbocycles. The molecule has 0 aliphatic heterocycles. The standard InChI is InChI=1S/C21H16ClN5O3/c1-29-18-8-3-14(22)13-17(18)21(28)24-15-4-6-16(7-5-15)30-20-10-9-19(25-26-20)27-12-2-11-23-27/h2-13H,1H3,(H,24,28). The third-order valence-corrected chi connectivity index (χ3v) is 4.34. The fraction of sp³-hybridized carbons (Fsp3) is 0.0476. The van der Waals surface area contributed by atoms with Gasteiger partial charge in [-0.25, -0.2) is 4.68 Å². The molecular formula is C21H16ClN5O3. The molecule has 0 aliphatic carbocycles. The molecule has 2 heterocycles. The van der Waals surface area contributed by atoms with Crippen LogP contribution in [0.4, 0.5) is 5.69 Å². The van der Waals surface area contributed by atoms with Crippen LogP contribution in [0.1, 0.15) is 10.4 Å². The van der Waals surface area contributed by atoms with Crippen molar-refractivity contribution >= 4 is 23.2 Å². The summed E-state index contributed by atoms with van der Waals surface area (Å²) in [4.78, 5) is 12.5. The summed E-state index contributed by atoms with van der Waals surface area (Å²) in [6.07, 6.45) is 3.44. The second kappa shape index (κ2) is 8.62. The monoisotopic (exact) mass is 421 g/mol. The Labute approximate surface area is 177 Å². The number of methoxy groups -OCH3 is 1. The zero-order valence-corrected chi connectivity index (χ0v) is 16.6. The highest BCUT2D eigenvalue weighted by atomic mass is 35.5. The zero-order valence-electron chi connectivity index (χ0n) is 15.8. The summed E-state index contributed by atoms with van der Waals surface area (Å²) in [6.45, 7) is 0. The van der Waals surface area contributed by atoms with Crippen LogP contribution >= 0.6 is 11.6 Å². The fourth-order valence-electron chi connectivity index (χ4n) is 2.68. The number of rotatable bonds is 6. The lowest BCUT2D eigenvalue weighted by atomic mass is 10.2. The number of halogens is 1. The number of hydrogen-bond donors (Lipinski definition) is 1. The largest absolute Gasteiger partial charge is 0.496 e. The molecule has 4 aromatic rings. The van der Waals surface area contributed by atoms with E-state index in [2.05, 4.69) is 20.6 Å². The number of hydrogen-bond acceptors (Lipinski definition) is 6. The summed E-state index contributed by atoms with van der Waals surface area (Å²) in [5, 5.41) is 15.5. The predicted octanol–water partition coefficient (Wildman–Crippen LogP) is 4.37. The molecule has 0 radical (unpaired) electrons. The molecular weight excluding hydrogens is 406 g/mol. The average molecular weight is 422 g/mol. The van der Waals surface area contributed by atoms with E-state index >= 15 is 0 Å². The molecule has 150 valence electrons. The Bertz CT molecular complexity index is 1150. The topological polar surface area (TPSA) is 91.2 Å². The van der Waals surface area contributed by atoms with Crippen LogP contribution in [0.2, 0.25) is 5.02 Å². The van der Waals surface area contributed by atoms with E-state index in [0.717, 1.165) is 0 Å². The lowest BCUT2D eigenvalue weighted by Crippen LogP contribution is -2.13. The molecule has 8 nitrogen and oxygen atoms in total. The summed E-state index contributed by atoms with van der Waals surface area (Å²) in [7, 11) is 1.50. The molecule has 1 amide bonds. The first-order valence-electron chi connectivity index (χ1n) is 8.89. The van der Waals surface area contributed by atoms with Crippen LogP contribution in [0.3, 0.4) is 0 Å². The molecule has 0 aliphatic rings. The van der Waals surface area contributed by atoms with Crippen molar-refractivity contribution < 1.29 is 14.3 Å². The van der Waals surface area contributed by atoms with Gasteiger partial charge in [-0.1, -0.05) is 11.6 Å². The number of anilines is 1. The molecule has 0 unspecified atom stereocenters. The molecule has 0 atom stereocenters. The van der Waals surface area contributed by atoms with E-state index in [0.29, 0.717) is 39.5 Å². The molecule has 2 aromatic carbocycles. The second-order valence-electron chi connectivity index (χ2n) is 6.11. The Morgan fingerprint density at radius 1 is 1.07 bits per heavy atom. The Balaban J connectivity index is 1.42. The van der Waals surface area contributed by atoms with Gasteiger partial charge in [0.1, 0.15) is 11.5 Å². The SMILES string of the molecule is COc1ccc(Cl)cc1C(=O)Nc1ccc(Oc2ccc(-n3cccn3)nn2)cc1. The van der Waals surface area contributed by atoms with Crippen LogP contribution in [-0.2, 0) is 0 Å². The maximum Gasteiger partial charge on any atom is 0.259 e. The van der Waals surface area contributed by atoms with Gasteiger partial charge in [-0.05, 0) is 54.6 Å². The molecule has 1 N–H and O–H groups in total. The van der Waals surface area contributed by atoms with Crippen molar-refractivity contribution in [1.29, 1.82) is 0 Å². The van der Waals surface area contributed by atoms with Gasteiger partial charge in [-0.3, -0.25) is 4.79 Å². The maximum absolute atomic E-state index is 12.5. The highest BCUT2D eigenvalue weighted by molar-refractivity contribution is 6.31. The van der Waals surface area contributed by atoms with Crippen LogP contribution in [0.15, 0.2) is 73.1 Å². The van der Waals surface area contributed by atoms with Crippen molar-refractivity contribution in [1.82, 2.24) is 20.0 Å². The highest BCUT2D eigenvalue weighted by Crippen LogP contribution is 2.25. The van der Waals surface area contributed by atoms with Crippen molar-refractivity contribution in [2.24, 2.45) is 0 Å². The second-order valence-corrected chi connectivity index (χ2v) is 6.54. The lowest BCUT2D eigenvalue weighted by molar-refractivity contribution is 0.102. The van der Waals surface area contributed by atoms with Crippen LogP contribution in [0.5, 0.6) is 17.4 Å². The quantitative estimate of drug-likeness (QED) is 0.497. The van der Waals surface area contributed by atoms with Gasteiger partial charge in [-0.2, -0.15) is 5.10 Å². The van der Waals surface area contributed by atoms with Gasteiger partial charge in [-0.15, -0.1) is 10.2 Å². The first kappa shape index (κ1) is 19.4. The summed E-state index contributed by atoms with van der Waals surface area (Å²) in [5.74, 6) is 1.58. The Morgan fingerprint density at radius 2 is 1.90 bits per heavy atom. The van der Waals surface area contributed by atoms with Gasteiger partial charge in [0.25, 0.3) is 5.91 Å². The van der Waals surface area contributed by atoms with Gasteiger partial charge < -0.3 is 14.8 Å². The first-order chi connectivity index (χ1) is 14.6. The van der Waals surface area contributed by atoms with E-state index in [4.69, 9.17) is 21.1 Å². The number of carbonyl (C=O) groups is 1. The van der Waals surface area contributed by atoms with Crippen molar-refractivity contribution in [3.05, 3.63) is 83.6 Å². The van der Waals surface area contributed by atoms with Crippen molar-refractivity contribution in [2.75, 3.05) is 12.4 Å². The zero-order chi connectivity index (χ0) is 20.9. The van der Waals surface area contributed by atoms with Gasteiger partial charge >= 0.3 is 0 Å². The number of aromatic nitrogens is 4. The molecule has 0 spiro atoms. The fourth-order valence-corrected chi connectivity index (χ4v) is 2.85. The molecule has 0 saturated heterocycles. The summed E-state index contributed by atoms with van der Waals surface area (Å²) in [5.41, 5.74) is 0.937. The van der Waals surface area contributed by atoms with E-state index in [-0.39, 0.29) is 5.91 Å². The summed E-state index contributed by atoms with van der Waals surface area (Å²) in [6, 6.07) is 17.0. The van der Waals surface area contributed by atoms with Gasteiger partial charge in [0.15, 0.2) is 5.82 Å². The average Bonchev–Trinajstić information content (AvgIpc) is 3.30. The Morgan fingerprint density at radius 3 is 2.57 bits per heavy atom. The van der Waals surface area contributed by atoms with E-state index in [1.54, 1.807) is 77.7 Å². The van der Waals surface area contributed by atoms with Crippen molar-refractivity contribution in [2.45, 2.75) is 0 Å². The number of carbonyl (C=O) groups excluding carboxylic acids is 1. The van der Waals surface area contributed by atoms with Gasteiger partial charge in [0, 0.05) is 29.2 Å². The number of benzene rings is 2. The van der Waals surface area contributed by atoms with E-state index in [1.807, 2.05) is 0 Å². The number of ether oxygens (including phenoxy) is 2. The number of nitrogens with zero attached hydrogens (tertiary/aromatic N) is 4. The highest BCUT2D eigenvalue weighted by Gasteiger charge is 2.13.